The van der Waals surface area contributed by atoms with E-state index < -0.39 is 9.84 Å². The molecule has 0 bridgehead atoms. The first-order valence-electron chi connectivity index (χ1n) is 8.98. The van der Waals surface area contributed by atoms with Crippen LogP contribution in [0.5, 0.6) is 0 Å². The molecule has 1 aromatic heterocycles. The lowest BCUT2D eigenvalue weighted by atomic mass is 10.2. The van der Waals surface area contributed by atoms with Gasteiger partial charge in [-0.3, -0.25) is 4.79 Å². The van der Waals surface area contributed by atoms with Crippen molar-refractivity contribution in [2.75, 3.05) is 5.32 Å². The summed E-state index contributed by atoms with van der Waals surface area (Å²) in [5.74, 6) is -0.284. The summed E-state index contributed by atoms with van der Waals surface area (Å²) < 4.78 is 28.1. The van der Waals surface area contributed by atoms with Crippen LogP contribution < -0.4 is 5.32 Å². The number of sulfone groups is 1. The van der Waals surface area contributed by atoms with E-state index >= 15 is 0 Å². The van der Waals surface area contributed by atoms with Crippen molar-refractivity contribution in [3.63, 3.8) is 0 Å². The number of benzene rings is 3. The summed E-state index contributed by atoms with van der Waals surface area (Å²) in [6.07, 6.45) is 1.50. The van der Waals surface area contributed by atoms with Crippen LogP contribution in [-0.2, 0) is 21.2 Å². The Morgan fingerprint density at radius 2 is 1.47 bits per heavy atom. The minimum absolute atomic E-state index is 0.0424. The third-order valence-electron chi connectivity index (χ3n) is 4.61. The average Bonchev–Trinajstić information content (AvgIpc) is 3.09. The molecule has 5 nitrogen and oxygen atoms in total. The Balaban J connectivity index is 1.69. The second-order valence-electron chi connectivity index (χ2n) is 6.65. The Hall–Kier alpha value is -2.80. The lowest BCUT2D eigenvalue weighted by Gasteiger charge is -2.07. The molecule has 4 rings (SSSR count). The average molecular weight is 459 g/mol. The van der Waals surface area contributed by atoms with Gasteiger partial charge in [0.25, 0.3) is 0 Å². The summed E-state index contributed by atoms with van der Waals surface area (Å²) in [6.45, 7) is -0.0424. The standard InChI is InChI=1S/C22H16Cl2N2O3S/c23-15-5-9-17(10-6-15)25-22(27)14-26-13-21(19-3-1-2-4-20(19)26)30(28,29)18-11-7-16(24)8-12-18/h1-13H,14H2,(H,25,27). The monoisotopic (exact) mass is 458 g/mol. The van der Waals surface area contributed by atoms with Crippen LogP contribution in [-0.4, -0.2) is 18.9 Å². The zero-order chi connectivity index (χ0) is 21.3. The largest absolute Gasteiger partial charge is 0.337 e. The Bertz CT molecular complexity index is 1330. The third-order valence-corrected chi connectivity index (χ3v) is 6.91. The number of amides is 1. The molecule has 0 fully saturated rings. The van der Waals surface area contributed by atoms with Crippen molar-refractivity contribution in [1.29, 1.82) is 0 Å². The first-order chi connectivity index (χ1) is 14.3. The molecule has 3 aromatic carbocycles. The summed E-state index contributed by atoms with van der Waals surface area (Å²) in [6, 6.07) is 19.8. The van der Waals surface area contributed by atoms with E-state index in [0.29, 0.717) is 26.6 Å². The van der Waals surface area contributed by atoms with Crippen LogP contribution in [0.25, 0.3) is 10.9 Å². The Morgan fingerprint density at radius 3 is 2.13 bits per heavy atom. The first-order valence-corrected chi connectivity index (χ1v) is 11.2. The normalized spacial score (nSPS) is 11.5. The van der Waals surface area contributed by atoms with Crippen LogP contribution in [0.15, 0.2) is 88.8 Å². The van der Waals surface area contributed by atoms with E-state index in [0.717, 1.165) is 0 Å². The van der Waals surface area contributed by atoms with Gasteiger partial charge in [0.1, 0.15) is 6.54 Å². The number of halogens is 2. The van der Waals surface area contributed by atoms with E-state index in [1.54, 1.807) is 53.1 Å². The highest BCUT2D eigenvalue weighted by molar-refractivity contribution is 7.91. The maximum atomic E-state index is 13.2. The highest BCUT2D eigenvalue weighted by Gasteiger charge is 2.23. The van der Waals surface area contributed by atoms with Gasteiger partial charge in [-0.05, 0) is 54.6 Å². The SMILES string of the molecule is O=C(Cn1cc(S(=O)(=O)c2ccc(Cl)cc2)c2ccccc21)Nc1ccc(Cl)cc1. The van der Waals surface area contributed by atoms with Gasteiger partial charge < -0.3 is 9.88 Å². The third kappa shape index (κ3) is 4.07. The highest BCUT2D eigenvalue weighted by Crippen LogP contribution is 2.30. The van der Waals surface area contributed by atoms with E-state index in [4.69, 9.17) is 23.2 Å². The van der Waals surface area contributed by atoms with Crippen LogP contribution in [0.3, 0.4) is 0 Å². The van der Waals surface area contributed by atoms with Crippen LogP contribution in [0.1, 0.15) is 0 Å². The van der Waals surface area contributed by atoms with Gasteiger partial charge in [-0.1, -0.05) is 41.4 Å². The number of nitrogens with one attached hydrogen (secondary N) is 1. The number of hydrogen-bond donors (Lipinski definition) is 1. The number of nitrogens with zero attached hydrogens (tertiary/aromatic N) is 1. The number of carbonyl (C=O) groups excluding carboxylic acids is 1. The van der Waals surface area contributed by atoms with Gasteiger partial charge in [0.2, 0.25) is 15.7 Å². The van der Waals surface area contributed by atoms with Crippen LogP contribution in [0, 0.1) is 0 Å². The number of fused-ring (bicyclic) bond motifs is 1. The van der Waals surface area contributed by atoms with E-state index in [9.17, 15) is 13.2 Å². The number of hydrogen-bond acceptors (Lipinski definition) is 3. The maximum Gasteiger partial charge on any atom is 0.244 e. The Morgan fingerprint density at radius 1 is 0.867 bits per heavy atom. The van der Waals surface area contributed by atoms with Crippen LogP contribution in [0.4, 0.5) is 5.69 Å². The van der Waals surface area contributed by atoms with E-state index in [2.05, 4.69) is 5.32 Å². The molecule has 152 valence electrons. The van der Waals surface area contributed by atoms with Crippen LogP contribution >= 0.6 is 23.2 Å². The fraction of sp³-hybridized carbons (Fsp3) is 0.0455. The molecule has 4 aromatic rings. The smallest absolute Gasteiger partial charge is 0.244 e. The molecule has 30 heavy (non-hydrogen) atoms. The molecule has 1 heterocycles. The van der Waals surface area contributed by atoms with Crippen molar-refractivity contribution in [3.8, 4) is 0 Å². The van der Waals surface area contributed by atoms with E-state index in [1.807, 2.05) is 0 Å². The second kappa shape index (κ2) is 8.14. The van der Waals surface area contributed by atoms with Crippen molar-refractivity contribution in [2.45, 2.75) is 16.3 Å². The number of rotatable bonds is 5. The zero-order valence-electron chi connectivity index (χ0n) is 15.5. The number of aromatic nitrogens is 1. The summed E-state index contributed by atoms with van der Waals surface area (Å²) in [7, 11) is -3.79. The number of carbonyl (C=O) groups is 1. The predicted molar refractivity (Wildman–Crippen MR) is 119 cm³/mol. The quantitative estimate of drug-likeness (QED) is 0.434. The lowest BCUT2D eigenvalue weighted by molar-refractivity contribution is -0.116. The van der Waals surface area contributed by atoms with Gasteiger partial charge in [-0.25, -0.2) is 8.42 Å². The Kier molecular flexibility index (Phi) is 5.56. The van der Waals surface area contributed by atoms with Gasteiger partial charge in [0.15, 0.2) is 0 Å². The molecule has 0 aliphatic carbocycles. The molecule has 0 aliphatic rings. The zero-order valence-corrected chi connectivity index (χ0v) is 17.9. The second-order valence-corrected chi connectivity index (χ2v) is 9.44. The fourth-order valence-corrected chi connectivity index (χ4v) is 4.92. The summed E-state index contributed by atoms with van der Waals surface area (Å²) >= 11 is 11.8. The van der Waals surface area contributed by atoms with Crippen LogP contribution in [0.2, 0.25) is 10.0 Å². The molecular weight excluding hydrogens is 443 g/mol. The van der Waals surface area contributed by atoms with Gasteiger partial charge >= 0.3 is 0 Å². The molecule has 0 radical (unpaired) electrons. The summed E-state index contributed by atoms with van der Waals surface area (Å²) in [4.78, 5) is 12.8. The summed E-state index contributed by atoms with van der Waals surface area (Å²) in [5, 5.41) is 4.36. The lowest BCUT2D eigenvalue weighted by Crippen LogP contribution is -2.18. The minimum atomic E-state index is -3.79. The number of para-hydroxylation sites is 1. The van der Waals surface area contributed by atoms with Crippen molar-refractivity contribution in [2.24, 2.45) is 0 Å². The number of anilines is 1. The van der Waals surface area contributed by atoms with Crippen molar-refractivity contribution >= 4 is 55.5 Å². The molecule has 1 amide bonds. The van der Waals surface area contributed by atoms with E-state index in [-0.39, 0.29) is 22.2 Å². The molecular formula is C22H16Cl2N2O3S. The molecule has 0 atom stereocenters. The topological polar surface area (TPSA) is 68.2 Å². The highest BCUT2D eigenvalue weighted by atomic mass is 35.5. The van der Waals surface area contributed by atoms with Crippen molar-refractivity contribution < 1.29 is 13.2 Å². The maximum absolute atomic E-state index is 13.2. The van der Waals surface area contributed by atoms with Gasteiger partial charge in [-0.15, -0.1) is 0 Å². The molecule has 0 saturated carbocycles. The predicted octanol–water partition coefficient (Wildman–Crippen LogP) is 5.42. The van der Waals surface area contributed by atoms with Gasteiger partial charge in [0.05, 0.1) is 9.79 Å². The molecule has 8 heteroatoms. The van der Waals surface area contributed by atoms with E-state index in [1.165, 1.54) is 30.5 Å². The van der Waals surface area contributed by atoms with Crippen molar-refractivity contribution in [1.82, 2.24) is 4.57 Å². The molecule has 0 spiro atoms. The Labute approximate surface area is 183 Å². The minimum Gasteiger partial charge on any atom is -0.337 e. The molecule has 1 N–H and O–H groups in total. The fourth-order valence-electron chi connectivity index (χ4n) is 3.19. The first kappa shape index (κ1) is 20.5. The molecule has 0 unspecified atom stereocenters. The van der Waals surface area contributed by atoms with Crippen molar-refractivity contribution in [3.05, 3.63) is 89.0 Å². The molecule has 0 saturated heterocycles. The van der Waals surface area contributed by atoms with Gasteiger partial charge in [-0.2, -0.15) is 0 Å². The molecule has 0 aliphatic heterocycles. The van der Waals surface area contributed by atoms with Gasteiger partial charge in [0, 0.05) is 32.8 Å². The summed E-state index contributed by atoms with van der Waals surface area (Å²) in [5.41, 5.74) is 1.26.